The van der Waals surface area contributed by atoms with Crippen LogP contribution in [-0.4, -0.2) is 53.3 Å². The fourth-order valence-electron chi connectivity index (χ4n) is 4.58. The van der Waals surface area contributed by atoms with E-state index in [1.807, 2.05) is 18.2 Å². The van der Waals surface area contributed by atoms with E-state index in [1.165, 1.54) is 5.01 Å². The Kier molecular flexibility index (Phi) is 6.42. The largest absolute Gasteiger partial charge is 0.496 e. The van der Waals surface area contributed by atoms with Crippen LogP contribution in [0.2, 0.25) is 0 Å². The number of Topliss-reactive ketones (excluding diaryl/α,β-unsaturated/α-hetero) is 1. The molecule has 0 spiro atoms. The van der Waals surface area contributed by atoms with Crippen LogP contribution in [0.4, 0.5) is 0 Å². The number of benzene rings is 1. The van der Waals surface area contributed by atoms with E-state index >= 15 is 0 Å². The Morgan fingerprint density at radius 1 is 1.34 bits per heavy atom. The van der Waals surface area contributed by atoms with E-state index in [1.54, 1.807) is 13.2 Å². The molecule has 32 heavy (non-hydrogen) atoms. The third-order valence-electron chi connectivity index (χ3n) is 6.27. The van der Waals surface area contributed by atoms with Crippen LogP contribution in [-0.2, 0) is 9.59 Å². The van der Waals surface area contributed by atoms with Crippen molar-refractivity contribution in [2.75, 3.05) is 13.7 Å². The van der Waals surface area contributed by atoms with Gasteiger partial charge >= 0.3 is 0 Å². The number of H-pyrrole nitrogens is 1. The number of nitrogens with one attached hydrogen (secondary N) is 3. The number of carbonyl (C=O) groups is 3. The van der Waals surface area contributed by atoms with Crippen molar-refractivity contribution < 1.29 is 19.1 Å². The number of aromatic amines is 1. The lowest BCUT2D eigenvalue weighted by atomic mass is 9.97. The Bertz CT molecular complexity index is 1070. The minimum Gasteiger partial charge on any atom is -0.496 e. The molecule has 2 aliphatic rings. The summed E-state index contributed by atoms with van der Waals surface area (Å²) in [5.74, 6) is -0.121. The van der Waals surface area contributed by atoms with E-state index in [4.69, 9.17) is 4.74 Å². The average Bonchev–Trinajstić information content (AvgIpc) is 3.43. The van der Waals surface area contributed by atoms with Crippen LogP contribution in [0.1, 0.15) is 49.0 Å². The van der Waals surface area contributed by atoms with Gasteiger partial charge in [0.2, 0.25) is 5.91 Å². The van der Waals surface area contributed by atoms with E-state index in [0.29, 0.717) is 37.3 Å². The van der Waals surface area contributed by atoms with Crippen molar-refractivity contribution in [3.63, 3.8) is 0 Å². The fourth-order valence-corrected chi connectivity index (χ4v) is 4.58. The molecule has 3 unspecified atom stereocenters. The highest BCUT2D eigenvalue weighted by Gasteiger charge is 2.35. The van der Waals surface area contributed by atoms with Crippen molar-refractivity contribution in [2.24, 2.45) is 5.92 Å². The molecule has 2 heterocycles. The Morgan fingerprint density at radius 2 is 2.19 bits per heavy atom. The summed E-state index contributed by atoms with van der Waals surface area (Å²) in [5.41, 5.74) is 4.13. The number of methoxy groups -OCH3 is 1. The first-order valence-corrected chi connectivity index (χ1v) is 11.0. The molecule has 2 fully saturated rings. The van der Waals surface area contributed by atoms with Gasteiger partial charge in [-0.15, -0.1) is 0 Å². The molecule has 1 aromatic carbocycles. The lowest BCUT2D eigenvalue weighted by molar-refractivity contribution is -0.129. The molecule has 0 radical (unpaired) electrons. The van der Waals surface area contributed by atoms with Crippen molar-refractivity contribution in [1.29, 1.82) is 5.26 Å². The number of rotatable bonds is 6. The van der Waals surface area contributed by atoms with Gasteiger partial charge in [-0.2, -0.15) is 5.26 Å². The number of nitriles is 1. The van der Waals surface area contributed by atoms with Crippen LogP contribution in [0.15, 0.2) is 24.3 Å². The Labute approximate surface area is 186 Å². The molecular formula is C23H27N5O4. The second-order valence-electron chi connectivity index (χ2n) is 8.33. The Hall–Kier alpha value is -3.38. The number of fused-ring (bicyclic) bond motifs is 1. The molecule has 2 aromatic rings. The standard InChI is InChI=1S/C23H27N5O4/c1-32-21-9-3-6-17-16(21)12-18(27-17)23(31)28-19(7-4-10-25-28)22(30)26-15(13-24)11-14-5-2-8-20(14)29/h3,6,9,12,14-15,19,25,27H,2,4-5,7-8,10-11H2,1H3,(H,26,30). The van der Waals surface area contributed by atoms with E-state index < -0.39 is 18.0 Å². The number of nitrogens with zero attached hydrogens (tertiary/aromatic N) is 2. The number of hydrazine groups is 1. The predicted octanol–water partition coefficient (Wildman–Crippen LogP) is 2.05. The fraction of sp³-hybridized carbons (Fsp3) is 0.478. The minimum absolute atomic E-state index is 0.157. The van der Waals surface area contributed by atoms with Gasteiger partial charge in [0, 0.05) is 29.8 Å². The molecule has 3 N–H and O–H groups in total. The smallest absolute Gasteiger partial charge is 0.285 e. The van der Waals surface area contributed by atoms with Crippen LogP contribution in [0.5, 0.6) is 5.75 Å². The average molecular weight is 438 g/mol. The number of carbonyl (C=O) groups excluding carboxylic acids is 3. The molecule has 1 aliphatic heterocycles. The number of amides is 2. The van der Waals surface area contributed by atoms with Gasteiger partial charge in [0.05, 0.1) is 13.2 Å². The normalized spacial score (nSPS) is 21.9. The van der Waals surface area contributed by atoms with E-state index in [2.05, 4.69) is 21.8 Å². The van der Waals surface area contributed by atoms with E-state index in [0.717, 1.165) is 30.2 Å². The molecule has 2 amide bonds. The SMILES string of the molecule is COc1cccc2[nH]c(C(=O)N3NCCCC3C(=O)NC(C#N)CC3CCCC3=O)cc12. The summed E-state index contributed by atoms with van der Waals surface area (Å²) in [7, 11) is 1.57. The molecule has 1 saturated heterocycles. The first-order valence-electron chi connectivity index (χ1n) is 11.0. The van der Waals surface area contributed by atoms with Gasteiger partial charge in [-0.05, 0) is 50.3 Å². The lowest BCUT2D eigenvalue weighted by Gasteiger charge is -2.35. The number of hydrogen-bond donors (Lipinski definition) is 3. The number of aromatic nitrogens is 1. The molecule has 9 heteroatoms. The zero-order valence-corrected chi connectivity index (χ0v) is 18.0. The molecule has 1 saturated carbocycles. The van der Waals surface area contributed by atoms with Crippen LogP contribution < -0.4 is 15.5 Å². The Morgan fingerprint density at radius 3 is 2.91 bits per heavy atom. The Balaban J connectivity index is 1.49. The third-order valence-corrected chi connectivity index (χ3v) is 6.27. The summed E-state index contributed by atoms with van der Waals surface area (Å²) in [5, 5.41) is 14.4. The van der Waals surface area contributed by atoms with Gasteiger partial charge < -0.3 is 15.0 Å². The number of hydrogen-bond acceptors (Lipinski definition) is 6. The first kappa shape index (κ1) is 21.8. The second-order valence-corrected chi connectivity index (χ2v) is 8.33. The summed E-state index contributed by atoms with van der Waals surface area (Å²) in [6.45, 7) is 0.567. The summed E-state index contributed by atoms with van der Waals surface area (Å²) in [6, 6.07) is 7.80. The first-order chi connectivity index (χ1) is 15.5. The second kappa shape index (κ2) is 9.40. The predicted molar refractivity (Wildman–Crippen MR) is 117 cm³/mol. The van der Waals surface area contributed by atoms with Crippen LogP contribution >= 0.6 is 0 Å². The minimum atomic E-state index is -0.759. The van der Waals surface area contributed by atoms with E-state index in [9.17, 15) is 19.6 Å². The maximum atomic E-state index is 13.3. The topological polar surface area (TPSA) is 127 Å². The highest BCUT2D eigenvalue weighted by Crippen LogP contribution is 2.28. The van der Waals surface area contributed by atoms with Crippen LogP contribution in [0.3, 0.4) is 0 Å². The molecule has 4 rings (SSSR count). The molecule has 9 nitrogen and oxygen atoms in total. The van der Waals surface area contributed by atoms with Crippen molar-refractivity contribution in [1.82, 2.24) is 20.7 Å². The van der Waals surface area contributed by atoms with Gasteiger partial charge in [-0.1, -0.05) is 6.07 Å². The van der Waals surface area contributed by atoms with Gasteiger partial charge in [-0.3, -0.25) is 19.4 Å². The molecular weight excluding hydrogens is 410 g/mol. The number of ether oxygens (including phenoxy) is 1. The molecule has 168 valence electrons. The third kappa shape index (κ3) is 4.32. The van der Waals surface area contributed by atoms with E-state index in [-0.39, 0.29) is 17.6 Å². The lowest BCUT2D eigenvalue weighted by Crippen LogP contribution is -2.59. The number of ketones is 1. The van der Waals surface area contributed by atoms with Gasteiger partial charge in [-0.25, -0.2) is 5.43 Å². The maximum absolute atomic E-state index is 13.3. The quantitative estimate of drug-likeness (QED) is 0.635. The molecule has 0 bridgehead atoms. The molecule has 3 atom stereocenters. The monoisotopic (exact) mass is 437 g/mol. The zero-order chi connectivity index (χ0) is 22.7. The highest BCUT2D eigenvalue weighted by atomic mass is 16.5. The van der Waals surface area contributed by atoms with Crippen LogP contribution in [0.25, 0.3) is 10.9 Å². The van der Waals surface area contributed by atoms with Crippen LogP contribution in [0, 0.1) is 17.2 Å². The molecule has 1 aliphatic carbocycles. The molecule has 1 aromatic heterocycles. The maximum Gasteiger partial charge on any atom is 0.285 e. The highest BCUT2D eigenvalue weighted by molar-refractivity contribution is 6.01. The van der Waals surface area contributed by atoms with Gasteiger partial charge in [0.1, 0.15) is 29.3 Å². The summed E-state index contributed by atoms with van der Waals surface area (Å²) >= 11 is 0. The van der Waals surface area contributed by atoms with Gasteiger partial charge in [0.25, 0.3) is 5.91 Å². The zero-order valence-electron chi connectivity index (χ0n) is 18.0. The van der Waals surface area contributed by atoms with Gasteiger partial charge in [0.15, 0.2) is 0 Å². The van der Waals surface area contributed by atoms with Crippen molar-refractivity contribution in [3.05, 3.63) is 30.0 Å². The van der Waals surface area contributed by atoms with Crippen molar-refractivity contribution in [2.45, 2.75) is 50.6 Å². The van der Waals surface area contributed by atoms with Crippen molar-refractivity contribution in [3.8, 4) is 11.8 Å². The summed E-state index contributed by atoms with van der Waals surface area (Å²) < 4.78 is 5.36. The van der Waals surface area contributed by atoms with Crippen molar-refractivity contribution >= 4 is 28.5 Å². The summed E-state index contributed by atoms with van der Waals surface area (Å²) in [6.07, 6.45) is 3.65. The summed E-state index contributed by atoms with van der Waals surface area (Å²) in [4.78, 5) is 41.3.